The van der Waals surface area contributed by atoms with Gasteiger partial charge in [0.05, 0.1) is 12.5 Å². The first-order valence-corrected chi connectivity index (χ1v) is 14.6. The van der Waals surface area contributed by atoms with Crippen LogP contribution in [0.15, 0.2) is 60.8 Å². The van der Waals surface area contributed by atoms with Crippen molar-refractivity contribution in [1.82, 2.24) is 10.3 Å². The number of rotatable bonds is 11. The predicted octanol–water partition coefficient (Wildman–Crippen LogP) is 5.04. The number of hydrogen-bond acceptors (Lipinski definition) is 2. The fraction of sp³-hybridized carbons (Fsp3) is 0.400. The third-order valence-corrected chi connectivity index (χ3v) is 7.09. The standard InChI is InChI=1S/C25H34N2O2Si/c1-30(2,3)16-15-29-19-22(17-21-18-27-24-12-8-7-11-23(21)24)25(28)26-14-13-20-9-5-4-6-10-20/h4-12,18,22,27H,13-17,19H2,1-3H3,(H,26,28). The van der Waals surface area contributed by atoms with Crippen molar-refractivity contribution in [3.63, 3.8) is 0 Å². The van der Waals surface area contributed by atoms with Crippen LogP contribution in [-0.4, -0.2) is 38.7 Å². The van der Waals surface area contributed by atoms with E-state index in [0.29, 0.717) is 19.6 Å². The molecule has 0 fully saturated rings. The minimum Gasteiger partial charge on any atom is -0.381 e. The molecule has 3 rings (SSSR count). The molecule has 0 aliphatic heterocycles. The number of fused-ring (bicyclic) bond motifs is 1. The largest absolute Gasteiger partial charge is 0.381 e. The van der Waals surface area contributed by atoms with E-state index in [1.165, 1.54) is 16.5 Å². The second kappa shape index (κ2) is 10.6. The van der Waals surface area contributed by atoms with E-state index in [2.05, 4.69) is 54.2 Å². The molecule has 2 N–H and O–H groups in total. The van der Waals surface area contributed by atoms with Crippen molar-refractivity contribution in [2.75, 3.05) is 19.8 Å². The molecule has 30 heavy (non-hydrogen) atoms. The molecule has 0 saturated carbocycles. The van der Waals surface area contributed by atoms with Crippen LogP contribution in [0.4, 0.5) is 0 Å². The Morgan fingerprint density at radius 3 is 2.57 bits per heavy atom. The highest BCUT2D eigenvalue weighted by Gasteiger charge is 2.21. The van der Waals surface area contributed by atoms with Crippen LogP contribution in [0.2, 0.25) is 25.7 Å². The number of benzene rings is 2. The highest BCUT2D eigenvalue weighted by atomic mass is 28.3. The lowest BCUT2D eigenvalue weighted by atomic mass is 9.98. The van der Waals surface area contributed by atoms with Gasteiger partial charge in [0.25, 0.3) is 0 Å². The second-order valence-electron chi connectivity index (χ2n) is 9.17. The number of hydrogen-bond donors (Lipinski definition) is 2. The van der Waals surface area contributed by atoms with Crippen LogP contribution in [0.1, 0.15) is 11.1 Å². The molecule has 1 aromatic heterocycles. The number of H-pyrrole nitrogens is 1. The Bertz CT molecular complexity index is 931. The molecular weight excluding hydrogens is 388 g/mol. The molecule has 5 heteroatoms. The lowest BCUT2D eigenvalue weighted by molar-refractivity contribution is -0.126. The monoisotopic (exact) mass is 422 g/mol. The van der Waals surface area contributed by atoms with E-state index >= 15 is 0 Å². The molecule has 4 nitrogen and oxygen atoms in total. The van der Waals surface area contributed by atoms with Gasteiger partial charge in [0.2, 0.25) is 5.91 Å². The summed E-state index contributed by atoms with van der Waals surface area (Å²) in [4.78, 5) is 16.3. The highest BCUT2D eigenvalue weighted by Crippen LogP contribution is 2.21. The predicted molar refractivity (Wildman–Crippen MR) is 128 cm³/mol. The fourth-order valence-electron chi connectivity index (χ4n) is 3.52. The van der Waals surface area contributed by atoms with Crippen molar-refractivity contribution in [3.05, 3.63) is 71.9 Å². The van der Waals surface area contributed by atoms with E-state index in [1.807, 2.05) is 36.5 Å². The number of aromatic amines is 1. The Labute approximate surface area is 181 Å². The van der Waals surface area contributed by atoms with E-state index in [4.69, 9.17) is 4.74 Å². The van der Waals surface area contributed by atoms with Crippen LogP contribution in [0.3, 0.4) is 0 Å². The van der Waals surface area contributed by atoms with Gasteiger partial charge in [-0.05, 0) is 36.1 Å². The summed E-state index contributed by atoms with van der Waals surface area (Å²) < 4.78 is 5.98. The lowest BCUT2D eigenvalue weighted by Gasteiger charge is -2.19. The summed E-state index contributed by atoms with van der Waals surface area (Å²) in [5.74, 6) is -0.120. The number of nitrogens with one attached hydrogen (secondary N) is 2. The Morgan fingerprint density at radius 1 is 1.07 bits per heavy atom. The molecule has 1 amide bonds. The molecule has 1 heterocycles. The number of amides is 1. The van der Waals surface area contributed by atoms with Crippen molar-refractivity contribution in [2.24, 2.45) is 5.92 Å². The molecule has 2 aromatic carbocycles. The number of ether oxygens (including phenoxy) is 1. The molecular formula is C25H34N2O2Si. The van der Waals surface area contributed by atoms with Crippen LogP contribution in [0, 0.1) is 5.92 Å². The van der Waals surface area contributed by atoms with E-state index in [0.717, 1.165) is 24.6 Å². The van der Waals surface area contributed by atoms with E-state index in [1.54, 1.807) is 0 Å². The lowest BCUT2D eigenvalue weighted by Crippen LogP contribution is -2.36. The van der Waals surface area contributed by atoms with Crippen molar-refractivity contribution in [3.8, 4) is 0 Å². The number of para-hydroxylation sites is 1. The van der Waals surface area contributed by atoms with Crippen LogP contribution in [0.25, 0.3) is 10.9 Å². The van der Waals surface area contributed by atoms with Crippen molar-refractivity contribution < 1.29 is 9.53 Å². The molecule has 0 saturated heterocycles. The van der Waals surface area contributed by atoms with Gasteiger partial charge >= 0.3 is 0 Å². The molecule has 0 bridgehead atoms. The van der Waals surface area contributed by atoms with Gasteiger partial charge in [-0.3, -0.25) is 4.79 Å². The van der Waals surface area contributed by atoms with Gasteiger partial charge in [0.15, 0.2) is 0 Å². The minimum atomic E-state index is -1.15. The molecule has 1 unspecified atom stereocenters. The van der Waals surface area contributed by atoms with Gasteiger partial charge < -0.3 is 15.0 Å². The smallest absolute Gasteiger partial charge is 0.225 e. The molecule has 3 aromatic rings. The van der Waals surface area contributed by atoms with Gasteiger partial charge in [-0.25, -0.2) is 0 Å². The Hall–Kier alpha value is -2.37. The van der Waals surface area contributed by atoms with Gasteiger partial charge in [0, 0.05) is 38.3 Å². The average Bonchev–Trinajstić information content (AvgIpc) is 3.13. The number of carbonyl (C=O) groups excluding carboxylic acids is 1. The third kappa shape index (κ3) is 6.85. The summed E-state index contributed by atoms with van der Waals surface area (Å²) in [6, 6.07) is 19.6. The second-order valence-corrected chi connectivity index (χ2v) is 14.8. The summed E-state index contributed by atoms with van der Waals surface area (Å²) in [7, 11) is -1.15. The first-order valence-electron chi connectivity index (χ1n) is 10.9. The summed E-state index contributed by atoms with van der Waals surface area (Å²) in [5, 5.41) is 4.31. The minimum absolute atomic E-state index is 0.0733. The zero-order valence-corrected chi connectivity index (χ0v) is 19.4. The van der Waals surface area contributed by atoms with Crippen molar-refractivity contribution in [1.29, 1.82) is 0 Å². The average molecular weight is 423 g/mol. The topological polar surface area (TPSA) is 54.1 Å². The fourth-order valence-corrected chi connectivity index (χ4v) is 4.27. The van der Waals surface area contributed by atoms with Crippen LogP contribution < -0.4 is 5.32 Å². The Kier molecular flexibility index (Phi) is 7.88. The van der Waals surface area contributed by atoms with Gasteiger partial charge in [0.1, 0.15) is 0 Å². The van der Waals surface area contributed by atoms with Gasteiger partial charge in [-0.1, -0.05) is 68.2 Å². The number of aromatic nitrogens is 1. The zero-order valence-electron chi connectivity index (χ0n) is 18.4. The molecule has 160 valence electrons. The Balaban J connectivity index is 1.61. The first-order chi connectivity index (χ1) is 14.4. The van der Waals surface area contributed by atoms with Crippen molar-refractivity contribution >= 4 is 24.9 Å². The van der Waals surface area contributed by atoms with E-state index in [-0.39, 0.29) is 11.8 Å². The van der Waals surface area contributed by atoms with Gasteiger partial charge in [-0.2, -0.15) is 0 Å². The quantitative estimate of drug-likeness (QED) is 0.336. The maximum absolute atomic E-state index is 13.0. The molecule has 1 atom stereocenters. The van der Waals surface area contributed by atoms with E-state index in [9.17, 15) is 4.79 Å². The summed E-state index contributed by atoms with van der Waals surface area (Å²) in [5.41, 5.74) is 3.51. The third-order valence-electron chi connectivity index (χ3n) is 5.38. The Morgan fingerprint density at radius 2 is 1.80 bits per heavy atom. The van der Waals surface area contributed by atoms with Crippen molar-refractivity contribution in [2.45, 2.75) is 38.5 Å². The number of carbonyl (C=O) groups is 1. The van der Waals surface area contributed by atoms with E-state index < -0.39 is 8.07 Å². The molecule has 0 radical (unpaired) electrons. The summed E-state index contributed by atoms with van der Waals surface area (Å²) >= 11 is 0. The highest BCUT2D eigenvalue weighted by molar-refractivity contribution is 6.76. The van der Waals surface area contributed by atoms with Crippen LogP contribution >= 0.6 is 0 Å². The molecule has 0 spiro atoms. The molecule has 0 aliphatic rings. The zero-order chi connectivity index (χ0) is 21.4. The normalized spacial score (nSPS) is 12.8. The summed E-state index contributed by atoms with van der Waals surface area (Å²) in [6.45, 7) is 8.86. The SMILES string of the molecule is C[Si](C)(C)CCOCC(Cc1c[nH]c2ccccc12)C(=O)NCCc1ccccc1. The van der Waals surface area contributed by atoms with Crippen LogP contribution in [-0.2, 0) is 22.4 Å². The first kappa shape index (κ1) is 22.3. The maximum atomic E-state index is 13.0. The van der Waals surface area contributed by atoms with Crippen LogP contribution in [0.5, 0.6) is 0 Å². The van der Waals surface area contributed by atoms with Gasteiger partial charge in [-0.15, -0.1) is 0 Å². The molecule has 0 aliphatic carbocycles. The maximum Gasteiger partial charge on any atom is 0.225 e. The summed E-state index contributed by atoms with van der Waals surface area (Å²) in [6.07, 6.45) is 3.54.